The van der Waals surface area contributed by atoms with Crippen LogP contribution in [-0.2, 0) is 0 Å². The number of carbonyl (C=O) groups is 1. The molecular weight excluding hydrogens is 191 g/mol. The van der Waals surface area contributed by atoms with Gasteiger partial charge in [-0.3, -0.25) is 0 Å². The maximum atomic E-state index is 12.4. The predicted octanol–water partition coefficient (Wildman–Crippen LogP) is 1.10. The number of hydrogen-bond donors (Lipinski definition) is 1. The molecule has 1 atom stereocenters. The summed E-state index contributed by atoms with van der Waals surface area (Å²) in [4.78, 5) is 12.8. The van der Waals surface area contributed by atoms with Crippen LogP contribution in [0.25, 0.3) is 0 Å². The molecule has 1 aliphatic heterocycles. The van der Waals surface area contributed by atoms with Gasteiger partial charge in [0.15, 0.2) is 0 Å². The van der Waals surface area contributed by atoms with Gasteiger partial charge in [-0.15, -0.1) is 0 Å². The first-order chi connectivity index (χ1) is 6.13. The van der Waals surface area contributed by atoms with Crippen molar-refractivity contribution in [2.24, 2.45) is 0 Å². The molecule has 2 amide bonds. The van der Waals surface area contributed by atoms with Gasteiger partial charge in [0.05, 0.1) is 13.1 Å². The molecule has 76 valence electrons. The van der Waals surface area contributed by atoms with Crippen molar-refractivity contribution in [3.63, 3.8) is 0 Å². The fourth-order valence-electron chi connectivity index (χ4n) is 1.18. The monoisotopic (exact) mass is 206 g/mol. The Hall–Kier alpha value is -0.450. The van der Waals surface area contributed by atoms with Crippen molar-refractivity contribution in [2.45, 2.75) is 19.1 Å². The van der Waals surface area contributed by atoms with Gasteiger partial charge in [0.25, 0.3) is 0 Å². The van der Waals surface area contributed by atoms with E-state index in [1.54, 1.807) is 11.8 Å². The first kappa shape index (κ1) is 10.6. The molecule has 1 heterocycles. The van der Waals surface area contributed by atoms with E-state index in [4.69, 9.17) is 0 Å². The van der Waals surface area contributed by atoms with Crippen LogP contribution in [0.4, 0.5) is 9.18 Å². The van der Waals surface area contributed by atoms with Crippen molar-refractivity contribution in [3.05, 3.63) is 0 Å². The Morgan fingerprint density at radius 3 is 2.85 bits per heavy atom. The normalized spacial score (nSPS) is 19.5. The first-order valence-corrected chi connectivity index (χ1v) is 5.71. The largest absolute Gasteiger partial charge is 0.335 e. The van der Waals surface area contributed by atoms with Crippen molar-refractivity contribution < 1.29 is 9.18 Å². The Morgan fingerprint density at radius 2 is 2.38 bits per heavy atom. The van der Waals surface area contributed by atoms with Gasteiger partial charge in [-0.05, 0) is 13.2 Å². The summed E-state index contributed by atoms with van der Waals surface area (Å²) in [5.41, 5.74) is 0. The number of likely N-dealkylation sites (tertiary alicyclic amines) is 1. The van der Waals surface area contributed by atoms with Crippen LogP contribution in [-0.4, -0.2) is 48.2 Å². The lowest BCUT2D eigenvalue weighted by atomic mass is 10.2. The summed E-state index contributed by atoms with van der Waals surface area (Å²) >= 11 is 1.68. The summed E-state index contributed by atoms with van der Waals surface area (Å²) in [5, 5.41) is 2.80. The molecule has 3 nitrogen and oxygen atoms in total. The van der Waals surface area contributed by atoms with E-state index in [9.17, 15) is 9.18 Å². The lowest BCUT2D eigenvalue weighted by Crippen LogP contribution is -2.56. The number of halogens is 1. The molecule has 1 unspecified atom stereocenters. The zero-order valence-corrected chi connectivity index (χ0v) is 8.73. The minimum Gasteiger partial charge on any atom is -0.335 e. The Labute approximate surface area is 82.0 Å². The highest BCUT2D eigenvalue weighted by Gasteiger charge is 2.30. The third-order valence-corrected chi connectivity index (χ3v) is 2.74. The standard InChI is InChI=1S/C8H15FN2OS/c1-6(5-13-2)10-8(12)11-3-7(9)4-11/h6-7H,3-5H2,1-2H3,(H,10,12). The second-order valence-corrected chi connectivity index (χ2v) is 4.22. The molecule has 13 heavy (non-hydrogen) atoms. The lowest BCUT2D eigenvalue weighted by molar-refractivity contribution is 0.0888. The summed E-state index contributed by atoms with van der Waals surface area (Å²) in [5.74, 6) is 0.888. The quantitative estimate of drug-likeness (QED) is 0.750. The molecule has 1 fully saturated rings. The zero-order chi connectivity index (χ0) is 9.84. The molecule has 0 spiro atoms. The van der Waals surface area contributed by atoms with Crippen molar-refractivity contribution in [3.8, 4) is 0 Å². The number of carbonyl (C=O) groups excluding carboxylic acids is 1. The van der Waals surface area contributed by atoms with E-state index in [-0.39, 0.29) is 25.2 Å². The van der Waals surface area contributed by atoms with Gasteiger partial charge in [-0.2, -0.15) is 11.8 Å². The molecule has 1 N–H and O–H groups in total. The van der Waals surface area contributed by atoms with Crippen molar-refractivity contribution in [2.75, 3.05) is 25.1 Å². The minimum absolute atomic E-state index is 0.143. The smallest absolute Gasteiger partial charge is 0.317 e. The number of amides is 2. The van der Waals surface area contributed by atoms with Crippen LogP contribution in [0.3, 0.4) is 0 Å². The van der Waals surface area contributed by atoms with E-state index in [0.29, 0.717) is 0 Å². The molecule has 0 bridgehead atoms. The summed E-state index contributed by atoms with van der Waals surface area (Å²) in [6.45, 7) is 2.44. The molecule has 0 aliphatic carbocycles. The van der Waals surface area contributed by atoms with Crippen LogP contribution < -0.4 is 5.32 Å². The topological polar surface area (TPSA) is 32.3 Å². The molecule has 1 rings (SSSR count). The maximum absolute atomic E-state index is 12.4. The predicted molar refractivity (Wildman–Crippen MR) is 52.8 cm³/mol. The summed E-state index contributed by atoms with van der Waals surface area (Å²) < 4.78 is 12.4. The molecule has 0 aromatic rings. The Balaban J connectivity index is 2.17. The summed E-state index contributed by atoms with van der Waals surface area (Å²) in [7, 11) is 0. The van der Waals surface area contributed by atoms with Crippen molar-refractivity contribution in [1.82, 2.24) is 10.2 Å². The molecule has 1 aliphatic rings. The number of nitrogens with zero attached hydrogens (tertiary/aromatic N) is 1. The molecule has 1 saturated heterocycles. The number of nitrogens with one attached hydrogen (secondary N) is 1. The van der Waals surface area contributed by atoms with E-state index in [0.717, 1.165) is 5.75 Å². The SMILES string of the molecule is CSCC(C)NC(=O)N1CC(F)C1. The van der Waals surface area contributed by atoms with Crippen LogP contribution in [0.2, 0.25) is 0 Å². The third-order valence-electron chi connectivity index (χ3n) is 1.91. The first-order valence-electron chi connectivity index (χ1n) is 4.32. The molecule has 0 saturated carbocycles. The van der Waals surface area contributed by atoms with E-state index < -0.39 is 6.17 Å². The second-order valence-electron chi connectivity index (χ2n) is 3.31. The number of alkyl halides is 1. The average molecular weight is 206 g/mol. The summed E-state index contributed by atoms with van der Waals surface area (Å²) in [6, 6.07) is 0.0108. The highest BCUT2D eigenvalue weighted by molar-refractivity contribution is 7.98. The van der Waals surface area contributed by atoms with E-state index in [1.807, 2.05) is 13.2 Å². The number of hydrogen-bond acceptors (Lipinski definition) is 2. The Bertz CT molecular complexity index is 185. The highest BCUT2D eigenvalue weighted by atomic mass is 32.2. The molecule has 5 heteroatoms. The number of urea groups is 1. The third kappa shape index (κ3) is 3.06. The van der Waals surface area contributed by atoms with Crippen LogP contribution in [0.1, 0.15) is 6.92 Å². The molecule has 0 aromatic heterocycles. The fourth-order valence-corrected chi connectivity index (χ4v) is 1.77. The fraction of sp³-hybridized carbons (Fsp3) is 0.875. The molecule has 0 aromatic carbocycles. The minimum atomic E-state index is -0.818. The van der Waals surface area contributed by atoms with Gasteiger partial charge in [0.2, 0.25) is 0 Å². The average Bonchev–Trinajstić information content (AvgIpc) is 1.99. The second kappa shape index (κ2) is 4.69. The van der Waals surface area contributed by atoms with Gasteiger partial charge < -0.3 is 10.2 Å². The van der Waals surface area contributed by atoms with Crippen LogP contribution >= 0.6 is 11.8 Å². The lowest BCUT2D eigenvalue weighted by Gasteiger charge is -2.35. The highest BCUT2D eigenvalue weighted by Crippen LogP contribution is 2.11. The molecule has 0 radical (unpaired) electrons. The maximum Gasteiger partial charge on any atom is 0.317 e. The molecular formula is C8H15FN2OS. The van der Waals surface area contributed by atoms with E-state index in [2.05, 4.69) is 5.32 Å². The van der Waals surface area contributed by atoms with Crippen LogP contribution in [0, 0.1) is 0 Å². The van der Waals surface area contributed by atoms with Crippen molar-refractivity contribution >= 4 is 17.8 Å². The number of thioether (sulfide) groups is 1. The van der Waals surface area contributed by atoms with E-state index in [1.165, 1.54) is 4.90 Å². The van der Waals surface area contributed by atoms with Crippen molar-refractivity contribution in [1.29, 1.82) is 0 Å². The zero-order valence-electron chi connectivity index (χ0n) is 7.92. The van der Waals surface area contributed by atoms with Gasteiger partial charge in [-0.25, -0.2) is 9.18 Å². The van der Waals surface area contributed by atoms with Crippen LogP contribution in [0.15, 0.2) is 0 Å². The van der Waals surface area contributed by atoms with Gasteiger partial charge in [0.1, 0.15) is 6.17 Å². The van der Waals surface area contributed by atoms with Crippen LogP contribution in [0.5, 0.6) is 0 Å². The van der Waals surface area contributed by atoms with Gasteiger partial charge >= 0.3 is 6.03 Å². The Kier molecular flexibility index (Phi) is 3.84. The van der Waals surface area contributed by atoms with Gasteiger partial charge in [0, 0.05) is 11.8 Å². The van der Waals surface area contributed by atoms with Gasteiger partial charge in [-0.1, -0.05) is 0 Å². The van der Waals surface area contributed by atoms with E-state index >= 15 is 0 Å². The number of rotatable bonds is 3. The Morgan fingerprint density at radius 1 is 1.77 bits per heavy atom. The summed E-state index contributed by atoms with van der Waals surface area (Å²) in [6.07, 6.45) is 1.17.